The summed E-state index contributed by atoms with van der Waals surface area (Å²) >= 11 is 0. The summed E-state index contributed by atoms with van der Waals surface area (Å²) in [6.07, 6.45) is 5.43. The number of piperidine rings is 1. The van der Waals surface area contributed by atoms with Crippen LogP contribution in [-0.4, -0.2) is 62.7 Å². The third-order valence-electron chi connectivity index (χ3n) is 3.99. The van der Waals surface area contributed by atoms with E-state index in [0.29, 0.717) is 6.04 Å². The van der Waals surface area contributed by atoms with Gasteiger partial charge >= 0.3 is 0 Å². The van der Waals surface area contributed by atoms with E-state index in [-0.39, 0.29) is 0 Å². The molecule has 1 fully saturated rings. The van der Waals surface area contributed by atoms with Crippen LogP contribution in [0, 0.1) is 5.92 Å². The molecule has 1 rings (SSSR count). The van der Waals surface area contributed by atoms with Crippen molar-refractivity contribution < 1.29 is 0 Å². The second-order valence-electron chi connectivity index (χ2n) is 6.15. The van der Waals surface area contributed by atoms with Crippen molar-refractivity contribution in [2.75, 3.05) is 46.8 Å². The maximum atomic E-state index is 3.49. The van der Waals surface area contributed by atoms with E-state index in [9.17, 15) is 0 Å². The molecule has 1 unspecified atom stereocenters. The van der Waals surface area contributed by atoms with Gasteiger partial charge in [0, 0.05) is 12.6 Å². The van der Waals surface area contributed by atoms with Gasteiger partial charge in [-0.3, -0.25) is 0 Å². The van der Waals surface area contributed by atoms with E-state index in [2.05, 4.69) is 43.1 Å². The minimum Gasteiger partial charge on any atom is -0.315 e. The van der Waals surface area contributed by atoms with E-state index in [1.807, 2.05) is 0 Å². The molecular weight excluding hydrogens is 222 g/mol. The summed E-state index contributed by atoms with van der Waals surface area (Å²) in [4.78, 5) is 4.99. The molecule has 0 bridgehead atoms. The van der Waals surface area contributed by atoms with E-state index in [1.54, 1.807) is 0 Å². The molecule has 0 spiro atoms. The zero-order valence-electron chi connectivity index (χ0n) is 12.9. The van der Waals surface area contributed by atoms with E-state index in [0.717, 1.165) is 12.5 Å². The third kappa shape index (κ3) is 6.72. The number of hydrogen-bond acceptors (Lipinski definition) is 3. The first-order chi connectivity index (χ1) is 8.61. The highest BCUT2D eigenvalue weighted by atomic mass is 15.1. The van der Waals surface area contributed by atoms with Crippen LogP contribution < -0.4 is 5.32 Å². The zero-order valence-corrected chi connectivity index (χ0v) is 12.9. The number of likely N-dealkylation sites (tertiary alicyclic amines) is 1. The van der Waals surface area contributed by atoms with Gasteiger partial charge in [0.25, 0.3) is 0 Å². The fourth-order valence-electron chi connectivity index (χ4n) is 2.98. The lowest BCUT2D eigenvalue weighted by molar-refractivity contribution is 0.159. The molecule has 3 heteroatoms. The van der Waals surface area contributed by atoms with Crippen LogP contribution in [-0.2, 0) is 0 Å². The lowest BCUT2D eigenvalue weighted by atomic mass is 9.96. The Kier molecular flexibility index (Phi) is 7.87. The van der Waals surface area contributed by atoms with Crippen LogP contribution in [0.4, 0.5) is 0 Å². The average molecular weight is 255 g/mol. The maximum Gasteiger partial charge on any atom is 0.00390 e. The van der Waals surface area contributed by atoms with Crippen LogP contribution in [0.2, 0.25) is 0 Å². The predicted octanol–water partition coefficient (Wildman–Crippen LogP) is 2.04. The number of hydrogen-bond donors (Lipinski definition) is 1. The Morgan fingerprint density at radius 2 is 1.94 bits per heavy atom. The second kappa shape index (κ2) is 8.89. The highest BCUT2D eigenvalue weighted by molar-refractivity contribution is 4.74. The maximum absolute atomic E-state index is 3.49. The summed E-state index contributed by atoms with van der Waals surface area (Å²) < 4.78 is 0. The smallest absolute Gasteiger partial charge is 0.00390 e. The van der Waals surface area contributed by atoms with Crippen molar-refractivity contribution in [3.63, 3.8) is 0 Å². The first-order valence-corrected chi connectivity index (χ1v) is 7.72. The van der Waals surface area contributed by atoms with Gasteiger partial charge in [-0.15, -0.1) is 0 Å². The normalized spacial score (nSPS) is 20.5. The monoisotopic (exact) mass is 255 g/mol. The number of nitrogens with one attached hydrogen (secondary N) is 1. The fraction of sp³-hybridized carbons (Fsp3) is 1.00. The van der Waals surface area contributed by atoms with Gasteiger partial charge in [-0.2, -0.15) is 0 Å². The Hall–Kier alpha value is -0.120. The SMILES string of the molecule is CCNC(C)CCCN1CCC(CN(C)C)CC1. The molecule has 1 aliphatic rings. The van der Waals surface area contributed by atoms with Crippen LogP contribution in [0.25, 0.3) is 0 Å². The second-order valence-corrected chi connectivity index (χ2v) is 6.15. The molecule has 0 aliphatic carbocycles. The molecule has 0 amide bonds. The average Bonchev–Trinajstić information content (AvgIpc) is 2.31. The minimum absolute atomic E-state index is 0.682. The van der Waals surface area contributed by atoms with Crippen LogP contribution in [0.5, 0.6) is 0 Å². The number of rotatable bonds is 8. The molecule has 0 saturated carbocycles. The largest absolute Gasteiger partial charge is 0.315 e. The highest BCUT2D eigenvalue weighted by Gasteiger charge is 2.19. The molecular formula is C15H33N3. The van der Waals surface area contributed by atoms with Gasteiger partial charge < -0.3 is 15.1 Å². The first kappa shape index (κ1) is 15.9. The van der Waals surface area contributed by atoms with Crippen molar-refractivity contribution in [1.82, 2.24) is 15.1 Å². The summed E-state index contributed by atoms with van der Waals surface area (Å²) in [5.74, 6) is 0.928. The topological polar surface area (TPSA) is 18.5 Å². The Balaban J connectivity index is 2.05. The molecule has 0 aromatic carbocycles. The van der Waals surface area contributed by atoms with Crippen LogP contribution in [0.1, 0.15) is 39.5 Å². The molecule has 18 heavy (non-hydrogen) atoms. The van der Waals surface area contributed by atoms with Crippen LogP contribution in [0.15, 0.2) is 0 Å². The number of nitrogens with zero attached hydrogens (tertiary/aromatic N) is 2. The molecule has 0 aromatic heterocycles. The standard InChI is InChI=1S/C15H33N3/c1-5-16-14(2)7-6-10-18-11-8-15(9-12-18)13-17(3)4/h14-16H,5-13H2,1-4H3. The Morgan fingerprint density at radius 1 is 1.28 bits per heavy atom. The molecule has 1 heterocycles. The minimum atomic E-state index is 0.682. The summed E-state index contributed by atoms with van der Waals surface area (Å²) in [6.45, 7) is 10.8. The first-order valence-electron chi connectivity index (χ1n) is 7.72. The Labute approximate surface area is 114 Å². The summed E-state index contributed by atoms with van der Waals surface area (Å²) in [6, 6.07) is 0.682. The van der Waals surface area contributed by atoms with Gasteiger partial charge in [-0.25, -0.2) is 0 Å². The quantitative estimate of drug-likeness (QED) is 0.716. The van der Waals surface area contributed by atoms with Crippen molar-refractivity contribution in [1.29, 1.82) is 0 Å². The molecule has 3 nitrogen and oxygen atoms in total. The molecule has 0 radical (unpaired) electrons. The van der Waals surface area contributed by atoms with E-state index in [4.69, 9.17) is 0 Å². The van der Waals surface area contributed by atoms with Crippen molar-refractivity contribution in [3.8, 4) is 0 Å². The van der Waals surface area contributed by atoms with Crippen molar-refractivity contribution >= 4 is 0 Å². The van der Waals surface area contributed by atoms with Gasteiger partial charge in [-0.1, -0.05) is 6.92 Å². The van der Waals surface area contributed by atoms with Gasteiger partial charge in [0.05, 0.1) is 0 Å². The van der Waals surface area contributed by atoms with Crippen molar-refractivity contribution in [2.24, 2.45) is 5.92 Å². The van der Waals surface area contributed by atoms with E-state index >= 15 is 0 Å². The molecule has 1 aliphatic heterocycles. The van der Waals surface area contributed by atoms with Gasteiger partial charge in [-0.05, 0) is 78.8 Å². The van der Waals surface area contributed by atoms with Gasteiger partial charge in [0.15, 0.2) is 0 Å². The Bertz CT molecular complexity index is 198. The third-order valence-corrected chi connectivity index (χ3v) is 3.99. The summed E-state index contributed by atoms with van der Waals surface area (Å²) in [7, 11) is 4.38. The fourth-order valence-corrected chi connectivity index (χ4v) is 2.98. The van der Waals surface area contributed by atoms with Crippen molar-refractivity contribution in [3.05, 3.63) is 0 Å². The lowest BCUT2D eigenvalue weighted by Crippen LogP contribution is -2.38. The van der Waals surface area contributed by atoms with Gasteiger partial charge in [0.2, 0.25) is 0 Å². The summed E-state index contributed by atoms with van der Waals surface area (Å²) in [5.41, 5.74) is 0. The molecule has 1 saturated heterocycles. The highest BCUT2D eigenvalue weighted by Crippen LogP contribution is 2.18. The van der Waals surface area contributed by atoms with Gasteiger partial charge in [0.1, 0.15) is 0 Å². The van der Waals surface area contributed by atoms with Crippen molar-refractivity contribution in [2.45, 2.75) is 45.6 Å². The Morgan fingerprint density at radius 3 is 2.50 bits per heavy atom. The zero-order chi connectivity index (χ0) is 13.4. The van der Waals surface area contributed by atoms with Crippen LogP contribution >= 0.6 is 0 Å². The molecule has 0 aromatic rings. The molecule has 1 N–H and O–H groups in total. The van der Waals surface area contributed by atoms with E-state index in [1.165, 1.54) is 51.9 Å². The summed E-state index contributed by atoms with van der Waals surface area (Å²) in [5, 5.41) is 3.49. The molecule has 108 valence electrons. The van der Waals surface area contributed by atoms with Crippen LogP contribution in [0.3, 0.4) is 0 Å². The van der Waals surface area contributed by atoms with E-state index < -0.39 is 0 Å². The molecule has 1 atom stereocenters. The predicted molar refractivity (Wildman–Crippen MR) is 80.1 cm³/mol. The lowest BCUT2D eigenvalue weighted by Gasteiger charge is -2.33.